The number of nitrogens with one attached hydrogen (secondary N) is 1. The van der Waals surface area contributed by atoms with Gasteiger partial charge in [0, 0.05) is 25.2 Å². The summed E-state index contributed by atoms with van der Waals surface area (Å²) in [6.07, 6.45) is 6.97. The van der Waals surface area contributed by atoms with Gasteiger partial charge >= 0.3 is 0 Å². The van der Waals surface area contributed by atoms with Crippen LogP contribution in [0.4, 0.5) is 0 Å². The van der Waals surface area contributed by atoms with Gasteiger partial charge in [0.2, 0.25) is 0 Å². The monoisotopic (exact) mass is 238 g/mol. The van der Waals surface area contributed by atoms with Crippen LogP contribution in [0.15, 0.2) is 0 Å². The molecule has 2 aliphatic rings. The molecule has 0 aromatic carbocycles. The van der Waals surface area contributed by atoms with E-state index in [0.29, 0.717) is 5.41 Å². The Morgan fingerprint density at radius 2 is 1.94 bits per heavy atom. The molecule has 0 heterocycles. The van der Waals surface area contributed by atoms with E-state index in [4.69, 9.17) is 0 Å². The zero-order valence-corrected chi connectivity index (χ0v) is 12.1. The lowest BCUT2D eigenvalue weighted by molar-refractivity contribution is 0.136. The lowest BCUT2D eigenvalue weighted by Crippen LogP contribution is -2.44. The topological polar surface area (TPSA) is 15.3 Å². The van der Waals surface area contributed by atoms with Crippen LogP contribution in [-0.4, -0.2) is 37.1 Å². The Morgan fingerprint density at radius 1 is 1.29 bits per heavy atom. The first-order valence-electron chi connectivity index (χ1n) is 7.48. The van der Waals surface area contributed by atoms with Crippen molar-refractivity contribution in [1.82, 2.24) is 10.2 Å². The minimum Gasteiger partial charge on any atom is -0.313 e. The normalized spacial score (nSPS) is 25.9. The third-order valence-electron chi connectivity index (χ3n) is 4.88. The summed E-state index contributed by atoms with van der Waals surface area (Å²) in [5, 5.41) is 3.71. The van der Waals surface area contributed by atoms with Crippen LogP contribution in [-0.2, 0) is 0 Å². The summed E-state index contributed by atoms with van der Waals surface area (Å²) in [6, 6.07) is 1.62. The fourth-order valence-electron chi connectivity index (χ4n) is 2.66. The molecule has 0 aromatic rings. The zero-order chi connectivity index (χ0) is 12.5. The van der Waals surface area contributed by atoms with Crippen molar-refractivity contribution in [3.8, 4) is 0 Å². The van der Waals surface area contributed by atoms with Crippen molar-refractivity contribution < 1.29 is 0 Å². The van der Waals surface area contributed by atoms with E-state index in [2.05, 4.69) is 38.0 Å². The summed E-state index contributed by atoms with van der Waals surface area (Å²) in [4.78, 5) is 2.59. The van der Waals surface area contributed by atoms with Gasteiger partial charge in [-0.15, -0.1) is 0 Å². The van der Waals surface area contributed by atoms with E-state index in [9.17, 15) is 0 Å². The minimum atomic E-state index is 0.445. The Balaban J connectivity index is 1.78. The lowest BCUT2D eigenvalue weighted by Gasteiger charge is -2.36. The average molecular weight is 238 g/mol. The van der Waals surface area contributed by atoms with Gasteiger partial charge in [0.25, 0.3) is 0 Å². The predicted molar refractivity (Wildman–Crippen MR) is 74.2 cm³/mol. The fraction of sp³-hybridized carbons (Fsp3) is 1.00. The van der Waals surface area contributed by atoms with Gasteiger partial charge in [-0.2, -0.15) is 0 Å². The Hall–Kier alpha value is -0.0800. The highest BCUT2D eigenvalue weighted by Crippen LogP contribution is 2.36. The third kappa shape index (κ3) is 3.96. The molecule has 0 amide bonds. The summed E-state index contributed by atoms with van der Waals surface area (Å²) < 4.78 is 0. The Morgan fingerprint density at radius 3 is 2.41 bits per heavy atom. The molecule has 2 rings (SSSR count). The van der Waals surface area contributed by atoms with Crippen molar-refractivity contribution in [2.24, 2.45) is 11.3 Å². The standard InChI is InChI=1S/C15H30N2/c1-5-15(3,10-16-14-8-9-14)11-17(4)12(2)13-6-7-13/h12-14,16H,5-11H2,1-4H3. The van der Waals surface area contributed by atoms with Crippen molar-refractivity contribution in [3.05, 3.63) is 0 Å². The van der Waals surface area contributed by atoms with E-state index in [1.54, 1.807) is 0 Å². The predicted octanol–water partition coefficient (Wildman–Crippen LogP) is 2.89. The molecule has 0 aromatic heterocycles. The van der Waals surface area contributed by atoms with Crippen molar-refractivity contribution in [2.45, 2.75) is 65.0 Å². The van der Waals surface area contributed by atoms with E-state index in [-0.39, 0.29) is 0 Å². The SMILES string of the molecule is CCC(C)(CNC1CC1)CN(C)C(C)C1CC1. The van der Waals surface area contributed by atoms with Crippen molar-refractivity contribution in [2.75, 3.05) is 20.1 Å². The van der Waals surface area contributed by atoms with Crippen LogP contribution in [0.2, 0.25) is 0 Å². The number of rotatable bonds is 8. The molecule has 0 aliphatic heterocycles. The molecule has 0 bridgehead atoms. The quantitative estimate of drug-likeness (QED) is 0.699. The summed E-state index contributed by atoms with van der Waals surface area (Å²) in [7, 11) is 2.31. The number of hydrogen-bond donors (Lipinski definition) is 1. The molecule has 0 saturated heterocycles. The largest absolute Gasteiger partial charge is 0.313 e. The first-order valence-corrected chi connectivity index (χ1v) is 7.48. The highest BCUT2D eigenvalue weighted by molar-refractivity contribution is 4.89. The molecule has 1 N–H and O–H groups in total. The maximum absolute atomic E-state index is 3.71. The van der Waals surface area contributed by atoms with Crippen LogP contribution < -0.4 is 5.32 Å². The Kier molecular flexibility index (Phi) is 4.14. The molecule has 17 heavy (non-hydrogen) atoms. The van der Waals surface area contributed by atoms with E-state index in [1.807, 2.05) is 0 Å². The van der Waals surface area contributed by atoms with E-state index >= 15 is 0 Å². The van der Waals surface area contributed by atoms with Gasteiger partial charge < -0.3 is 10.2 Å². The van der Waals surface area contributed by atoms with Gasteiger partial charge in [0.05, 0.1) is 0 Å². The second-order valence-corrected chi connectivity index (χ2v) is 6.81. The molecular formula is C15H30N2. The molecular weight excluding hydrogens is 208 g/mol. The zero-order valence-electron chi connectivity index (χ0n) is 12.1. The fourth-order valence-corrected chi connectivity index (χ4v) is 2.66. The van der Waals surface area contributed by atoms with E-state index in [1.165, 1.54) is 45.2 Å². The van der Waals surface area contributed by atoms with Gasteiger partial charge in [-0.05, 0) is 57.4 Å². The highest BCUT2D eigenvalue weighted by atomic mass is 15.1. The van der Waals surface area contributed by atoms with Gasteiger partial charge in [-0.3, -0.25) is 0 Å². The molecule has 2 aliphatic carbocycles. The highest BCUT2D eigenvalue weighted by Gasteiger charge is 2.34. The minimum absolute atomic E-state index is 0.445. The van der Waals surface area contributed by atoms with Crippen molar-refractivity contribution in [1.29, 1.82) is 0 Å². The van der Waals surface area contributed by atoms with Gasteiger partial charge in [0.15, 0.2) is 0 Å². The summed E-state index contributed by atoms with van der Waals surface area (Å²) in [6.45, 7) is 9.61. The second kappa shape index (κ2) is 5.27. The maximum atomic E-state index is 3.71. The summed E-state index contributed by atoms with van der Waals surface area (Å²) in [5.74, 6) is 0.984. The molecule has 2 saturated carbocycles. The van der Waals surface area contributed by atoms with Crippen LogP contribution in [0.25, 0.3) is 0 Å². The smallest absolute Gasteiger partial charge is 0.00923 e. The molecule has 2 atom stereocenters. The Labute approximate surface area is 107 Å². The van der Waals surface area contributed by atoms with Gasteiger partial charge in [-0.25, -0.2) is 0 Å². The van der Waals surface area contributed by atoms with Crippen LogP contribution in [0.3, 0.4) is 0 Å². The van der Waals surface area contributed by atoms with Gasteiger partial charge in [-0.1, -0.05) is 13.8 Å². The van der Waals surface area contributed by atoms with Crippen LogP contribution in [0.5, 0.6) is 0 Å². The van der Waals surface area contributed by atoms with Crippen LogP contribution in [0, 0.1) is 11.3 Å². The maximum Gasteiger partial charge on any atom is 0.00923 e. The molecule has 2 fully saturated rings. The molecule has 2 nitrogen and oxygen atoms in total. The number of hydrogen-bond acceptors (Lipinski definition) is 2. The second-order valence-electron chi connectivity index (χ2n) is 6.81. The number of nitrogens with zero attached hydrogens (tertiary/aromatic N) is 1. The summed E-state index contributed by atoms with van der Waals surface area (Å²) >= 11 is 0. The van der Waals surface area contributed by atoms with E-state index < -0.39 is 0 Å². The Bertz CT molecular complexity index is 245. The summed E-state index contributed by atoms with van der Waals surface area (Å²) in [5.41, 5.74) is 0.445. The van der Waals surface area contributed by atoms with Crippen molar-refractivity contribution >= 4 is 0 Å². The van der Waals surface area contributed by atoms with Crippen LogP contribution in [0.1, 0.15) is 52.9 Å². The third-order valence-corrected chi connectivity index (χ3v) is 4.88. The molecule has 0 radical (unpaired) electrons. The molecule has 2 heteroatoms. The molecule has 0 spiro atoms. The average Bonchev–Trinajstić information content (AvgIpc) is 3.18. The molecule has 2 unspecified atom stereocenters. The van der Waals surface area contributed by atoms with Crippen LogP contribution >= 0.6 is 0 Å². The first-order chi connectivity index (χ1) is 8.04. The lowest BCUT2D eigenvalue weighted by atomic mass is 9.86. The first kappa shape index (κ1) is 13.4. The van der Waals surface area contributed by atoms with E-state index in [0.717, 1.165) is 18.0 Å². The van der Waals surface area contributed by atoms with Crippen molar-refractivity contribution in [3.63, 3.8) is 0 Å². The molecule has 100 valence electrons. The van der Waals surface area contributed by atoms with Gasteiger partial charge in [0.1, 0.15) is 0 Å².